The molecule has 0 spiro atoms. The number of anilines is 3. The van der Waals surface area contributed by atoms with E-state index in [0.717, 1.165) is 24.2 Å². The predicted octanol–water partition coefficient (Wildman–Crippen LogP) is 14.6. The molecule has 2 heteroatoms. The summed E-state index contributed by atoms with van der Waals surface area (Å²) in [5.41, 5.74) is 11.5. The van der Waals surface area contributed by atoms with Crippen LogP contribution in [0.1, 0.15) is 37.8 Å². The highest BCUT2D eigenvalue weighted by atomic mass is 32.1. The molecule has 0 radical (unpaired) electrons. The van der Waals surface area contributed by atoms with E-state index in [-0.39, 0.29) is 5.41 Å². The van der Waals surface area contributed by atoms with Gasteiger partial charge >= 0.3 is 0 Å². The number of rotatable bonds is 6. The van der Waals surface area contributed by atoms with Crippen LogP contribution in [-0.4, -0.2) is 0 Å². The molecule has 9 aromatic rings. The van der Waals surface area contributed by atoms with E-state index in [4.69, 9.17) is 0 Å². The molecular weight excluding hydrogens is 635 g/mol. The Morgan fingerprint density at radius 1 is 0.471 bits per heavy atom. The summed E-state index contributed by atoms with van der Waals surface area (Å²) in [7, 11) is 0. The van der Waals surface area contributed by atoms with Crippen LogP contribution in [0.5, 0.6) is 0 Å². The van der Waals surface area contributed by atoms with Gasteiger partial charge in [0.2, 0.25) is 0 Å². The van der Waals surface area contributed by atoms with Crippen molar-refractivity contribution >= 4 is 70.1 Å². The van der Waals surface area contributed by atoms with Gasteiger partial charge in [0, 0.05) is 42.5 Å². The van der Waals surface area contributed by atoms with Gasteiger partial charge in [-0.3, -0.25) is 0 Å². The van der Waals surface area contributed by atoms with Gasteiger partial charge in [-0.2, -0.15) is 0 Å². The molecule has 0 bridgehead atoms. The second-order valence-electron chi connectivity index (χ2n) is 13.9. The third kappa shape index (κ3) is 4.53. The highest BCUT2D eigenvalue weighted by Gasteiger charge is 2.42. The first-order valence-electron chi connectivity index (χ1n) is 18.1. The maximum Gasteiger partial charge on any atom is 0.0543 e. The fourth-order valence-corrected chi connectivity index (χ4v) is 10.0. The van der Waals surface area contributed by atoms with Crippen LogP contribution in [0.15, 0.2) is 164 Å². The van der Waals surface area contributed by atoms with Crippen LogP contribution in [0.2, 0.25) is 0 Å². The molecule has 0 amide bonds. The third-order valence-electron chi connectivity index (χ3n) is 11.5. The number of para-hydroxylation sites is 1. The van der Waals surface area contributed by atoms with Gasteiger partial charge < -0.3 is 4.90 Å². The van der Waals surface area contributed by atoms with Gasteiger partial charge in [0.05, 0.1) is 5.69 Å². The largest absolute Gasteiger partial charge is 0.310 e. The van der Waals surface area contributed by atoms with Gasteiger partial charge in [-0.1, -0.05) is 117 Å². The summed E-state index contributed by atoms with van der Waals surface area (Å²) in [6.07, 6.45) is 2.09. The molecule has 1 aromatic heterocycles. The lowest BCUT2D eigenvalue weighted by Crippen LogP contribution is -2.23. The Bertz CT molecular complexity index is 2790. The Hall–Kier alpha value is -5.70. The number of thiophene rings is 1. The maximum absolute atomic E-state index is 2.53. The first-order valence-corrected chi connectivity index (χ1v) is 19.0. The van der Waals surface area contributed by atoms with Crippen molar-refractivity contribution in [1.29, 1.82) is 0 Å². The van der Waals surface area contributed by atoms with E-state index in [2.05, 4.69) is 183 Å². The summed E-state index contributed by atoms with van der Waals surface area (Å²) in [4.78, 5) is 2.48. The quantitative estimate of drug-likeness (QED) is 0.159. The molecule has 0 atom stereocenters. The summed E-state index contributed by atoms with van der Waals surface area (Å²) >= 11 is 1.87. The molecule has 1 aliphatic carbocycles. The maximum atomic E-state index is 2.53. The molecule has 8 aromatic carbocycles. The zero-order valence-electron chi connectivity index (χ0n) is 28.9. The van der Waals surface area contributed by atoms with Gasteiger partial charge in [-0.25, -0.2) is 0 Å². The van der Waals surface area contributed by atoms with Crippen molar-refractivity contribution in [3.05, 3.63) is 175 Å². The summed E-state index contributed by atoms with van der Waals surface area (Å²) in [5.74, 6) is 0. The molecule has 0 saturated carbocycles. The van der Waals surface area contributed by atoms with Gasteiger partial charge in [0.15, 0.2) is 0 Å². The predicted molar refractivity (Wildman–Crippen MR) is 221 cm³/mol. The van der Waals surface area contributed by atoms with Gasteiger partial charge in [0.1, 0.15) is 0 Å². The summed E-state index contributed by atoms with van der Waals surface area (Å²) in [6, 6.07) is 61.1. The number of nitrogens with zero attached hydrogens (tertiary/aromatic N) is 1. The average molecular weight is 672 g/mol. The highest BCUT2D eigenvalue weighted by molar-refractivity contribution is 7.25. The van der Waals surface area contributed by atoms with Crippen molar-refractivity contribution in [1.82, 2.24) is 0 Å². The molecular formula is C49H37NS. The first-order chi connectivity index (χ1) is 25.2. The van der Waals surface area contributed by atoms with Crippen molar-refractivity contribution in [2.24, 2.45) is 0 Å². The van der Waals surface area contributed by atoms with Crippen molar-refractivity contribution in [2.45, 2.75) is 32.1 Å². The zero-order valence-corrected chi connectivity index (χ0v) is 29.7. The molecule has 0 unspecified atom stereocenters. The van der Waals surface area contributed by atoms with Gasteiger partial charge in [0.25, 0.3) is 0 Å². The Morgan fingerprint density at radius 3 is 2.04 bits per heavy atom. The van der Waals surface area contributed by atoms with E-state index in [9.17, 15) is 0 Å². The van der Waals surface area contributed by atoms with Crippen molar-refractivity contribution in [3.63, 3.8) is 0 Å². The number of fused-ring (bicyclic) bond motifs is 9. The smallest absolute Gasteiger partial charge is 0.0543 e. The van der Waals surface area contributed by atoms with E-state index in [1.807, 2.05) is 11.3 Å². The minimum absolute atomic E-state index is 0.0608. The molecule has 0 fully saturated rings. The second-order valence-corrected chi connectivity index (χ2v) is 15.0. The van der Waals surface area contributed by atoms with Crippen LogP contribution in [0, 0.1) is 0 Å². The van der Waals surface area contributed by atoms with Crippen molar-refractivity contribution < 1.29 is 0 Å². The van der Waals surface area contributed by atoms with Crippen LogP contribution in [0.3, 0.4) is 0 Å². The van der Waals surface area contributed by atoms with Gasteiger partial charge in [-0.05, 0) is 123 Å². The molecule has 1 nitrogen and oxygen atoms in total. The number of benzene rings is 8. The standard InChI is InChI=1S/C49H37NS/c1-3-49(4-2)43-21-13-22-45(48(43)42-30-35-25-24-32-14-8-9-19-38(32)40(35)31-44(42)49)50(36-16-6-5-7-17-36)37-18-12-15-33(28-37)34-26-27-47-41(29-34)39-20-10-11-23-46(39)51-47/h5-31H,3-4H2,1-2H3. The van der Waals surface area contributed by atoms with E-state index in [1.54, 1.807) is 0 Å². The number of hydrogen-bond donors (Lipinski definition) is 0. The van der Waals surface area contributed by atoms with Crippen LogP contribution in [-0.2, 0) is 5.41 Å². The lowest BCUT2D eigenvalue weighted by atomic mass is 9.73. The monoisotopic (exact) mass is 671 g/mol. The Labute approximate surface area is 303 Å². The van der Waals surface area contributed by atoms with Crippen molar-refractivity contribution in [3.8, 4) is 22.3 Å². The molecule has 1 aliphatic rings. The fraction of sp³-hybridized carbons (Fsp3) is 0.102. The van der Waals surface area contributed by atoms with Crippen LogP contribution < -0.4 is 4.90 Å². The Kier molecular flexibility index (Phi) is 6.91. The molecule has 51 heavy (non-hydrogen) atoms. The summed E-state index contributed by atoms with van der Waals surface area (Å²) < 4.78 is 2.67. The van der Waals surface area contributed by atoms with Crippen LogP contribution >= 0.6 is 11.3 Å². The summed E-state index contributed by atoms with van der Waals surface area (Å²) in [6.45, 7) is 4.74. The Morgan fingerprint density at radius 2 is 1.18 bits per heavy atom. The van der Waals surface area contributed by atoms with Gasteiger partial charge in [-0.15, -0.1) is 11.3 Å². The van der Waals surface area contributed by atoms with E-state index in [1.165, 1.54) is 80.8 Å². The SMILES string of the molecule is CCC1(CC)c2cc3c(ccc4ccccc43)cc2-c2c(N(c3ccccc3)c3cccc(-c4ccc5sc6ccccc6c5c4)c3)cccc21. The lowest BCUT2D eigenvalue weighted by molar-refractivity contribution is 0.491. The number of hydrogen-bond acceptors (Lipinski definition) is 2. The van der Waals surface area contributed by atoms with Crippen molar-refractivity contribution in [2.75, 3.05) is 4.90 Å². The molecule has 244 valence electrons. The van der Waals surface area contributed by atoms with E-state index in [0.29, 0.717) is 0 Å². The third-order valence-corrected chi connectivity index (χ3v) is 12.7. The second kappa shape index (κ2) is 11.7. The topological polar surface area (TPSA) is 3.24 Å². The highest BCUT2D eigenvalue weighted by Crippen LogP contribution is 2.58. The van der Waals surface area contributed by atoms with Crippen LogP contribution in [0.25, 0.3) is 64.0 Å². The molecule has 0 aliphatic heterocycles. The minimum Gasteiger partial charge on any atom is -0.310 e. The fourth-order valence-electron chi connectivity index (χ4n) is 8.96. The lowest BCUT2D eigenvalue weighted by Gasteiger charge is -2.31. The minimum atomic E-state index is -0.0608. The summed E-state index contributed by atoms with van der Waals surface area (Å²) in [5, 5.41) is 7.91. The first kappa shape index (κ1) is 30.2. The van der Waals surface area contributed by atoms with E-state index >= 15 is 0 Å². The van der Waals surface area contributed by atoms with E-state index < -0.39 is 0 Å². The molecule has 0 saturated heterocycles. The molecule has 10 rings (SSSR count). The Balaban J connectivity index is 1.20. The zero-order chi connectivity index (χ0) is 34.1. The normalized spacial score (nSPS) is 13.2. The molecule has 1 heterocycles. The van der Waals surface area contributed by atoms with Crippen LogP contribution in [0.4, 0.5) is 17.1 Å². The molecule has 0 N–H and O–H groups in total. The average Bonchev–Trinajstić information content (AvgIpc) is 3.70.